The van der Waals surface area contributed by atoms with Gasteiger partial charge < -0.3 is 10.1 Å². The van der Waals surface area contributed by atoms with Crippen molar-refractivity contribution in [2.24, 2.45) is 0 Å². The molecule has 0 aliphatic heterocycles. The molecule has 0 bridgehead atoms. The second kappa shape index (κ2) is 6.30. The lowest BCUT2D eigenvalue weighted by Crippen LogP contribution is -2.37. The molecule has 1 N–H and O–H groups in total. The predicted molar refractivity (Wildman–Crippen MR) is 74.5 cm³/mol. The highest BCUT2D eigenvalue weighted by Gasteiger charge is 2.24. The third kappa shape index (κ3) is 4.07. The number of hydrogen-bond donors (Lipinski definition) is 1. The lowest BCUT2D eigenvalue weighted by molar-refractivity contribution is 0.150. The summed E-state index contributed by atoms with van der Waals surface area (Å²) in [5.74, 6) is 0. The van der Waals surface area contributed by atoms with Crippen molar-refractivity contribution in [1.29, 1.82) is 0 Å². The number of alkyl carbamates (subject to hydrolysis) is 1. The molecule has 0 heterocycles. The van der Waals surface area contributed by atoms with Crippen molar-refractivity contribution < 1.29 is 9.53 Å². The summed E-state index contributed by atoms with van der Waals surface area (Å²) in [4.78, 5) is 11.3. The van der Waals surface area contributed by atoms with Gasteiger partial charge in [-0.15, -0.1) is 0 Å². The van der Waals surface area contributed by atoms with Gasteiger partial charge in [0.15, 0.2) is 0 Å². The van der Waals surface area contributed by atoms with E-state index in [1.807, 2.05) is 19.9 Å². The van der Waals surface area contributed by atoms with Crippen molar-refractivity contribution in [3.63, 3.8) is 0 Å². The second-order valence-electron chi connectivity index (χ2n) is 4.58. The summed E-state index contributed by atoms with van der Waals surface area (Å²) in [5, 5.41) is 3.90. The highest BCUT2D eigenvalue weighted by Crippen LogP contribution is 2.31. The van der Waals surface area contributed by atoms with Gasteiger partial charge in [-0.3, -0.25) is 0 Å². The lowest BCUT2D eigenvalue weighted by Gasteiger charge is -2.26. The topological polar surface area (TPSA) is 38.3 Å². The standard InChI is InChI=1S/C13H17Cl2NO2/c1-4-18-12(17)16-8-13(2,3)10-6-5-9(14)7-11(10)15/h5-7H,4,8H2,1-3H3,(H,16,17). The third-order valence-corrected chi connectivity index (χ3v) is 3.16. The summed E-state index contributed by atoms with van der Waals surface area (Å²) in [6.07, 6.45) is -0.421. The molecular formula is C13H17Cl2NO2. The summed E-state index contributed by atoms with van der Waals surface area (Å²) in [6.45, 7) is 6.55. The average Bonchev–Trinajstić information content (AvgIpc) is 2.26. The molecule has 0 aliphatic rings. The van der Waals surface area contributed by atoms with Crippen LogP contribution < -0.4 is 5.32 Å². The summed E-state index contributed by atoms with van der Waals surface area (Å²) < 4.78 is 4.82. The molecule has 18 heavy (non-hydrogen) atoms. The molecule has 0 aromatic heterocycles. The van der Waals surface area contributed by atoms with Crippen LogP contribution in [0, 0.1) is 0 Å². The highest BCUT2D eigenvalue weighted by molar-refractivity contribution is 6.35. The van der Waals surface area contributed by atoms with Gasteiger partial charge in [0, 0.05) is 22.0 Å². The number of rotatable bonds is 4. The van der Waals surface area contributed by atoms with Gasteiger partial charge >= 0.3 is 6.09 Å². The normalized spacial score (nSPS) is 11.2. The van der Waals surface area contributed by atoms with E-state index in [0.717, 1.165) is 5.56 Å². The number of carbonyl (C=O) groups excluding carboxylic acids is 1. The van der Waals surface area contributed by atoms with Crippen LogP contribution in [0.5, 0.6) is 0 Å². The molecule has 5 heteroatoms. The number of benzene rings is 1. The van der Waals surface area contributed by atoms with Crippen molar-refractivity contribution >= 4 is 29.3 Å². The van der Waals surface area contributed by atoms with E-state index in [-0.39, 0.29) is 5.41 Å². The van der Waals surface area contributed by atoms with Gasteiger partial charge in [-0.2, -0.15) is 0 Å². The number of hydrogen-bond acceptors (Lipinski definition) is 2. The molecule has 1 rings (SSSR count). The minimum Gasteiger partial charge on any atom is -0.450 e. The van der Waals surface area contributed by atoms with Crippen molar-refractivity contribution in [2.75, 3.05) is 13.2 Å². The number of nitrogens with one attached hydrogen (secondary N) is 1. The highest BCUT2D eigenvalue weighted by atomic mass is 35.5. The Kier molecular flexibility index (Phi) is 5.29. The van der Waals surface area contributed by atoms with Crippen molar-refractivity contribution in [1.82, 2.24) is 5.32 Å². The minimum absolute atomic E-state index is 0.297. The SMILES string of the molecule is CCOC(=O)NCC(C)(C)c1ccc(Cl)cc1Cl. The lowest BCUT2D eigenvalue weighted by atomic mass is 9.84. The van der Waals surface area contributed by atoms with Crippen LogP contribution in [0.4, 0.5) is 4.79 Å². The van der Waals surface area contributed by atoms with Gasteiger partial charge in [-0.1, -0.05) is 43.1 Å². The van der Waals surface area contributed by atoms with Crippen molar-refractivity contribution in [3.8, 4) is 0 Å². The first-order chi connectivity index (χ1) is 8.36. The van der Waals surface area contributed by atoms with Crippen LogP contribution in [-0.2, 0) is 10.2 Å². The van der Waals surface area contributed by atoms with E-state index in [1.165, 1.54) is 0 Å². The van der Waals surface area contributed by atoms with Gasteiger partial charge in [-0.25, -0.2) is 4.79 Å². The van der Waals surface area contributed by atoms with E-state index >= 15 is 0 Å². The first kappa shape index (κ1) is 15.1. The van der Waals surface area contributed by atoms with Gasteiger partial charge in [0.1, 0.15) is 0 Å². The number of ether oxygens (including phenoxy) is 1. The quantitative estimate of drug-likeness (QED) is 0.909. The van der Waals surface area contributed by atoms with Gasteiger partial charge in [0.2, 0.25) is 0 Å². The van der Waals surface area contributed by atoms with Crippen LogP contribution in [0.3, 0.4) is 0 Å². The Bertz CT molecular complexity index is 433. The number of halogens is 2. The van der Waals surface area contributed by atoms with Gasteiger partial charge in [0.05, 0.1) is 6.61 Å². The molecule has 0 spiro atoms. The molecule has 1 amide bonds. The molecule has 100 valence electrons. The summed E-state index contributed by atoms with van der Waals surface area (Å²) in [7, 11) is 0. The Morgan fingerprint density at radius 3 is 2.61 bits per heavy atom. The monoisotopic (exact) mass is 289 g/mol. The Morgan fingerprint density at radius 1 is 1.39 bits per heavy atom. The Hall–Kier alpha value is -0.930. The Morgan fingerprint density at radius 2 is 2.06 bits per heavy atom. The van der Waals surface area contributed by atoms with Gasteiger partial charge in [0.25, 0.3) is 0 Å². The minimum atomic E-state index is -0.421. The Balaban J connectivity index is 2.76. The molecule has 0 aliphatic carbocycles. The average molecular weight is 290 g/mol. The number of carbonyl (C=O) groups is 1. The van der Waals surface area contributed by atoms with E-state index in [9.17, 15) is 4.79 Å². The second-order valence-corrected chi connectivity index (χ2v) is 5.43. The first-order valence-corrected chi connectivity index (χ1v) is 6.48. The predicted octanol–water partition coefficient (Wildman–Crippen LogP) is 4.02. The first-order valence-electron chi connectivity index (χ1n) is 5.73. The summed E-state index contributed by atoms with van der Waals surface area (Å²) >= 11 is 12.0. The molecular weight excluding hydrogens is 273 g/mol. The molecule has 0 saturated heterocycles. The van der Waals surface area contributed by atoms with Crippen LogP contribution in [0.1, 0.15) is 26.3 Å². The maximum Gasteiger partial charge on any atom is 0.407 e. The van der Waals surface area contributed by atoms with E-state index in [2.05, 4.69) is 5.32 Å². The fraction of sp³-hybridized carbons (Fsp3) is 0.462. The Labute approximate surface area is 117 Å². The maximum absolute atomic E-state index is 11.3. The zero-order valence-corrected chi connectivity index (χ0v) is 12.2. The molecule has 0 atom stereocenters. The molecule has 0 saturated carbocycles. The van der Waals surface area contributed by atoms with Crippen molar-refractivity contribution in [2.45, 2.75) is 26.2 Å². The molecule has 0 fully saturated rings. The van der Waals surface area contributed by atoms with E-state index < -0.39 is 6.09 Å². The summed E-state index contributed by atoms with van der Waals surface area (Å²) in [6, 6.07) is 5.36. The van der Waals surface area contributed by atoms with Crippen LogP contribution in [0.15, 0.2) is 18.2 Å². The molecule has 0 radical (unpaired) electrons. The van der Waals surface area contributed by atoms with Crippen molar-refractivity contribution in [3.05, 3.63) is 33.8 Å². The molecule has 1 aromatic carbocycles. The molecule has 3 nitrogen and oxygen atoms in total. The van der Waals surface area contributed by atoms with Gasteiger partial charge in [-0.05, 0) is 24.6 Å². The molecule has 0 unspecified atom stereocenters. The van der Waals surface area contributed by atoms with Crippen LogP contribution in [0.2, 0.25) is 10.0 Å². The van der Waals surface area contributed by atoms with Crippen LogP contribution in [-0.4, -0.2) is 19.2 Å². The van der Waals surface area contributed by atoms with E-state index in [4.69, 9.17) is 27.9 Å². The van der Waals surface area contributed by atoms with Crippen LogP contribution >= 0.6 is 23.2 Å². The summed E-state index contributed by atoms with van der Waals surface area (Å²) in [5.41, 5.74) is 0.638. The largest absolute Gasteiger partial charge is 0.450 e. The fourth-order valence-corrected chi connectivity index (χ4v) is 2.27. The zero-order chi connectivity index (χ0) is 13.8. The molecule has 1 aromatic rings. The maximum atomic E-state index is 11.3. The van der Waals surface area contributed by atoms with E-state index in [1.54, 1.807) is 19.1 Å². The van der Waals surface area contributed by atoms with Crippen LogP contribution in [0.25, 0.3) is 0 Å². The zero-order valence-electron chi connectivity index (χ0n) is 10.7. The van der Waals surface area contributed by atoms with E-state index in [0.29, 0.717) is 23.2 Å². The fourth-order valence-electron chi connectivity index (χ4n) is 1.61. The third-order valence-electron chi connectivity index (χ3n) is 2.61. The smallest absolute Gasteiger partial charge is 0.407 e. The number of amides is 1.